The first-order valence-electron chi connectivity index (χ1n) is 7.02. The second kappa shape index (κ2) is 7.10. The predicted molar refractivity (Wildman–Crippen MR) is 95.3 cm³/mol. The highest BCUT2D eigenvalue weighted by Crippen LogP contribution is 2.40. The van der Waals surface area contributed by atoms with Crippen molar-refractivity contribution in [3.63, 3.8) is 0 Å². The zero-order valence-corrected chi connectivity index (χ0v) is 14.8. The van der Waals surface area contributed by atoms with Gasteiger partial charge in [0.15, 0.2) is 15.8 Å². The van der Waals surface area contributed by atoms with Crippen LogP contribution in [0.1, 0.15) is 5.56 Å². The van der Waals surface area contributed by atoms with Crippen LogP contribution in [0.5, 0.6) is 17.2 Å². The molecule has 0 radical (unpaired) electrons. The zero-order chi connectivity index (χ0) is 16.2. The van der Waals surface area contributed by atoms with Crippen molar-refractivity contribution < 1.29 is 14.2 Å². The molecular weight excluding hydrogens is 330 g/mol. The number of rotatable bonds is 6. The number of hydrogen-bond acceptors (Lipinski definition) is 6. The second-order valence-corrected chi connectivity index (χ2v) is 7.02. The lowest BCUT2D eigenvalue weighted by Gasteiger charge is -2.13. The van der Waals surface area contributed by atoms with Crippen molar-refractivity contribution in [2.75, 3.05) is 21.3 Å². The van der Waals surface area contributed by atoms with Crippen LogP contribution in [0, 0.1) is 0 Å². The zero-order valence-electron chi connectivity index (χ0n) is 13.2. The van der Waals surface area contributed by atoms with Crippen LogP contribution >= 0.6 is 23.1 Å². The van der Waals surface area contributed by atoms with E-state index in [9.17, 15) is 0 Å². The fourth-order valence-corrected chi connectivity index (χ4v) is 4.28. The van der Waals surface area contributed by atoms with E-state index in [1.165, 1.54) is 4.70 Å². The molecule has 0 saturated carbocycles. The molecular formula is C17H17NO3S2. The van der Waals surface area contributed by atoms with Gasteiger partial charge in [-0.05, 0) is 29.8 Å². The highest BCUT2D eigenvalue weighted by atomic mass is 32.2. The Hall–Kier alpha value is -1.92. The summed E-state index contributed by atoms with van der Waals surface area (Å²) >= 11 is 3.42. The van der Waals surface area contributed by atoms with E-state index < -0.39 is 0 Å². The molecule has 120 valence electrons. The Labute approximate surface area is 143 Å². The molecule has 0 saturated heterocycles. The summed E-state index contributed by atoms with van der Waals surface area (Å²) < 4.78 is 18.4. The van der Waals surface area contributed by atoms with Gasteiger partial charge in [0, 0.05) is 5.75 Å². The van der Waals surface area contributed by atoms with Crippen molar-refractivity contribution in [3.05, 3.63) is 42.0 Å². The number of thioether (sulfide) groups is 1. The van der Waals surface area contributed by atoms with E-state index >= 15 is 0 Å². The third kappa shape index (κ3) is 3.38. The Kier molecular flexibility index (Phi) is 4.93. The molecule has 4 nitrogen and oxygen atoms in total. The Bertz CT molecular complexity index is 758. The topological polar surface area (TPSA) is 40.6 Å². The summed E-state index contributed by atoms with van der Waals surface area (Å²) in [7, 11) is 4.86. The molecule has 0 aliphatic rings. The van der Waals surface area contributed by atoms with Crippen LogP contribution in [0.2, 0.25) is 0 Å². The quantitative estimate of drug-likeness (QED) is 0.609. The van der Waals surface area contributed by atoms with Gasteiger partial charge in [0.05, 0.1) is 31.5 Å². The van der Waals surface area contributed by atoms with E-state index in [1.54, 1.807) is 44.4 Å². The minimum absolute atomic E-state index is 0.615. The molecule has 1 heterocycles. The molecule has 0 aliphatic heterocycles. The summed E-state index contributed by atoms with van der Waals surface area (Å²) in [6.07, 6.45) is 0. The van der Waals surface area contributed by atoms with Crippen LogP contribution in [-0.2, 0) is 5.75 Å². The normalized spacial score (nSPS) is 10.7. The molecule has 0 amide bonds. The van der Waals surface area contributed by atoms with Gasteiger partial charge in [-0.2, -0.15) is 0 Å². The number of aromatic nitrogens is 1. The molecule has 2 aromatic carbocycles. The van der Waals surface area contributed by atoms with Crippen molar-refractivity contribution in [2.45, 2.75) is 10.1 Å². The number of fused-ring (bicyclic) bond motifs is 1. The lowest BCUT2D eigenvalue weighted by Crippen LogP contribution is -1.96. The fourth-order valence-electron chi connectivity index (χ4n) is 2.28. The standard InChI is InChI=1S/C17H17NO3S2/c1-19-13-8-11(9-14(20-2)16(13)21-3)10-22-17-18-12-6-4-5-7-15(12)23-17/h4-9H,10H2,1-3H3. The number of thiazole rings is 1. The average molecular weight is 347 g/mol. The molecule has 0 unspecified atom stereocenters. The summed E-state index contributed by atoms with van der Waals surface area (Å²) in [6, 6.07) is 12.1. The molecule has 0 atom stereocenters. The smallest absolute Gasteiger partial charge is 0.203 e. The van der Waals surface area contributed by atoms with Gasteiger partial charge < -0.3 is 14.2 Å². The number of hydrogen-bond donors (Lipinski definition) is 0. The van der Waals surface area contributed by atoms with Gasteiger partial charge in [0.1, 0.15) is 0 Å². The molecule has 23 heavy (non-hydrogen) atoms. The third-order valence-electron chi connectivity index (χ3n) is 3.36. The molecule has 0 fully saturated rings. The Morgan fingerprint density at radius 2 is 1.70 bits per heavy atom. The monoisotopic (exact) mass is 347 g/mol. The van der Waals surface area contributed by atoms with E-state index in [0.29, 0.717) is 17.2 Å². The minimum atomic E-state index is 0.615. The van der Waals surface area contributed by atoms with Gasteiger partial charge in [0.2, 0.25) is 5.75 Å². The molecule has 3 aromatic rings. The number of para-hydroxylation sites is 1. The van der Waals surface area contributed by atoms with Crippen LogP contribution in [-0.4, -0.2) is 26.3 Å². The summed E-state index contributed by atoms with van der Waals surface area (Å²) in [4.78, 5) is 4.64. The van der Waals surface area contributed by atoms with Gasteiger partial charge in [-0.1, -0.05) is 23.9 Å². The molecule has 0 N–H and O–H groups in total. The van der Waals surface area contributed by atoms with Crippen LogP contribution < -0.4 is 14.2 Å². The molecule has 0 spiro atoms. The highest BCUT2D eigenvalue weighted by molar-refractivity contribution is 8.00. The third-order valence-corrected chi connectivity index (χ3v) is 5.61. The Morgan fingerprint density at radius 3 is 2.30 bits per heavy atom. The van der Waals surface area contributed by atoms with E-state index in [2.05, 4.69) is 11.1 Å². The van der Waals surface area contributed by atoms with Crippen molar-refractivity contribution in [2.24, 2.45) is 0 Å². The summed E-state index contributed by atoms with van der Waals surface area (Å²) in [6.45, 7) is 0. The Balaban J connectivity index is 1.82. The van der Waals surface area contributed by atoms with Crippen molar-refractivity contribution in [1.29, 1.82) is 0 Å². The first-order valence-corrected chi connectivity index (χ1v) is 8.82. The molecule has 1 aromatic heterocycles. The van der Waals surface area contributed by atoms with E-state index in [-0.39, 0.29) is 0 Å². The van der Waals surface area contributed by atoms with Crippen LogP contribution in [0.15, 0.2) is 40.7 Å². The lowest BCUT2D eigenvalue weighted by molar-refractivity contribution is 0.324. The summed E-state index contributed by atoms with van der Waals surface area (Å²) in [5.74, 6) is 2.75. The van der Waals surface area contributed by atoms with Crippen LogP contribution in [0.3, 0.4) is 0 Å². The Morgan fingerprint density at radius 1 is 1.00 bits per heavy atom. The van der Waals surface area contributed by atoms with Gasteiger partial charge >= 0.3 is 0 Å². The second-order valence-electron chi connectivity index (χ2n) is 4.77. The number of ether oxygens (including phenoxy) is 3. The van der Waals surface area contributed by atoms with E-state index in [0.717, 1.165) is 21.2 Å². The summed E-state index contributed by atoms with van der Waals surface area (Å²) in [5.41, 5.74) is 2.15. The maximum atomic E-state index is 5.39. The molecule has 0 aliphatic carbocycles. The number of methoxy groups -OCH3 is 3. The minimum Gasteiger partial charge on any atom is -0.493 e. The van der Waals surface area contributed by atoms with Gasteiger partial charge in [-0.15, -0.1) is 11.3 Å². The van der Waals surface area contributed by atoms with E-state index in [4.69, 9.17) is 14.2 Å². The maximum absolute atomic E-state index is 5.39. The average Bonchev–Trinajstić information content (AvgIpc) is 3.01. The molecule has 0 bridgehead atoms. The molecule has 6 heteroatoms. The summed E-state index contributed by atoms with van der Waals surface area (Å²) in [5, 5.41) is 0. The fraction of sp³-hybridized carbons (Fsp3) is 0.235. The van der Waals surface area contributed by atoms with Gasteiger partial charge in [-0.3, -0.25) is 0 Å². The van der Waals surface area contributed by atoms with Crippen molar-refractivity contribution >= 4 is 33.3 Å². The first kappa shape index (κ1) is 16.0. The first-order chi connectivity index (χ1) is 11.2. The van der Waals surface area contributed by atoms with Gasteiger partial charge in [0.25, 0.3) is 0 Å². The largest absolute Gasteiger partial charge is 0.493 e. The van der Waals surface area contributed by atoms with Crippen LogP contribution in [0.4, 0.5) is 0 Å². The molecule has 3 rings (SSSR count). The SMILES string of the molecule is COc1cc(CSc2nc3ccccc3s2)cc(OC)c1OC. The predicted octanol–water partition coefficient (Wildman–Crippen LogP) is 4.61. The maximum Gasteiger partial charge on any atom is 0.203 e. The van der Waals surface area contributed by atoms with Gasteiger partial charge in [-0.25, -0.2) is 4.98 Å². The van der Waals surface area contributed by atoms with Crippen molar-refractivity contribution in [1.82, 2.24) is 4.98 Å². The highest BCUT2D eigenvalue weighted by Gasteiger charge is 2.13. The van der Waals surface area contributed by atoms with Crippen molar-refractivity contribution in [3.8, 4) is 17.2 Å². The number of nitrogens with zero attached hydrogens (tertiary/aromatic N) is 1. The van der Waals surface area contributed by atoms with Crippen LogP contribution in [0.25, 0.3) is 10.2 Å². The lowest BCUT2D eigenvalue weighted by atomic mass is 10.2. The van der Waals surface area contributed by atoms with E-state index in [1.807, 2.05) is 30.3 Å². The number of benzene rings is 2.